The van der Waals surface area contributed by atoms with Gasteiger partial charge >= 0.3 is 0 Å². The van der Waals surface area contributed by atoms with Gasteiger partial charge in [0.2, 0.25) is 0 Å². The summed E-state index contributed by atoms with van der Waals surface area (Å²) in [6, 6.07) is 0. The van der Waals surface area contributed by atoms with E-state index in [0.29, 0.717) is 11.8 Å². The standard InChI is InChI=1S/C12H22N4S/c1-5-9(4)6-17-12-10(8(2)3)11(16-13)14-7-15-12/h7-9H,5-6,13H2,1-4H3,(H,14,15,16). The fourth-order valence-corrected chi connectivity index (χ4v) is 2.76. The zero-order valence-corrected chi connectivity index (χ0v) is 11.8. The van der Waals surface area contributed by atoms with E-state index in [-0.39, 0.29) is 0 Å². The fourth-order valence-electron chi connectivity index (χ4n) is 1.47. The van der Waals surface area contributed by atoms with Crippen LogP contribution in [0.1, 0.15) is 45.6 Å². The minimum atomic E-state index is 0.363. The van der Waals surface area contributed by atoms with Crippen LogP contribution < -0.4 is 11.3 Å². The lowest BCUT2D eigenvalue weighted by Crippen LogP contribution is -2.13. The Labute approximate surface area is 108 Å². The molecule has 4 nitrogen and oxygen atoms in total. The molecule has 17 heavy (non-hydrogen) atoms. The molecule has 1 atom stereocenters. The lowest BCUT2D eigenvalue weighted by Gasteiger charge is -2.15. The van der Waals surface area contributed by atoms with Crippen molar-refractivity contribution in [1.29, 1.82) is 0 Å². The molecule has 5 heteroatoms. The van der Waals surface area contributed by atoms with Gasteiger partial charge in [0, 0.05) is 11.3 Å². The molecule has 3 N–H and O–H groups in total. The third kappa shape index (κ3) is 3.85. The summed E-state index contributed by atoms with van der Waals surface area (Å²) in [5, 5.41) is 1.04. The highest BCUT2D eigenvalue weighted by molar-refractivity contribution is 7.99. The molecular formula is C12H22N4S. The van der Waals surface area contributed by atoms with Crippen molar-refractivity contribution in [3.05, 3.63) is 11.9 Å². The largest absolute Gasteiger partial charge is 0.308 e. The molecule has 1 unspecified atom stereocenters. The van der Waals surface area contributed by atoms with Crippen molar-refractivity contribution >= 4 is 17.6 Å². The van der Waals surface area contributed by atoms with Crippen molar-refractivity contribution in [3.63, 3.8) is 0 Å². The van der Waals surface area contributed by atoms with Gasteiger partial charge in [-0.2, -0.15) is 0 Å². The van der Waals surface area contributed by atoms with Gasteiger partial charge in [-0.3, -0.25) is 0 Å². The third-order valence-electron chi connectivity index (χ3n) is 2.76. The molecule has 0 fully saturated rings. The Morgan fingerprint density at radius 1 is 1.35 bits per heavy atom. The first-order valence-corrected chi connectivity index (χ1v) is 7.03. The van der Waals surface area contributed by atoms with Crippen molar-refractivity contribution in [2.24, 2.45) is 11.8 Å². The molecule has 0 spiro atoms. The van der Waals surface area contributed by atoms with E-state index in [9.17, 15) is 0 Å². The number of hydrogen-bond acceptors (Lipinski definition) is 5. The Kier molecular flexibility index (Phi) is 5.71. The zero-order valence-electron chi connectivity index (χ0n) is 11.0. The van der Waals surface area contributed by atoms with Crippen molar-refractivity contribution in [2.45, 2.75) is 45.1 Å². The first kappa shape index (κ1) is 14.3. The van der Waals surface area contributed by atoms with Crippen LogP contribution in [0.3, 0.4) is 0 Å². The number of nitrogen functional groups attached to an aromatic ring is 1. The molecule has 0 aromatic carbocycles. The summed E-state index contributed by atoms with van der Waals surface area (Å²) >= 11 is 1.79. The van der Waals surface area contributed by atoms with E-state index >= 15 is 0 Å². The van der Waals surface area contributed by atoms with Crippen LogP contribution in [0.4, 0.5) is 5.82 Å². The van der Waals surface area contributed by atoms with E-state index in [1.54, 1.807) is 18.1 Å². The molecule has 0 amide bonds. The van der Waals surface area contributed by atoms with Crippen molar-refractivity contribution in [2.75, 3.05) is 11.2 Å². The first-order valence-electron chi connectivity index (χ1n) is 6.04. The van der Waals surface area contributed by atoms with E-state index in [0.717, 1.165) is 22.2 Å². The molecule has 0 saturated heterocycles. The highest BCUT2D eigenvalue weighted by Crippen LogP contribution is 2.31. The minimum Gasteiger partial charge on any atom is -0.308 e. The zero-order chi connectivity index (χ0) is 12.8. The summed E-state index contributed by atoms with van der Waals surface area (Å²) in [7, 11) is 0. The Morgan fingerprint density at radius 2 is 2.06 bits per heavy atom. The third-order valence-corrected chi connectivity index (χ3v) is 4.10. The molecule has 0 aliphatic heterocycles. The molecule has 1 rings (SSSR count). The predicted molar refractivity (Wildman–Crippen MR) is 74.1 cm³/mol. The number of hydrogen-bond donors (Lipinski definition) is 2. The van der Waals surface area contributed by atoms with Crippen LogP contribution in [0, 0.1) is 5.92 Å². The molecular weight excluding hydrogens is 232 g/mol. The van der Waals surface area contributed by atoms with Gasteiger partial charge in [-0.15, -0.1) is 11.8 Å². The normalized spacial score (nSPS) is 12.8. The quantitative estimate of drug-likeness (QED) is 0.353. The van der Waals surface area contributed by atoms with Gasteiger partial charge in [-0.05, 0) is 11.8 Å². The van der Waals surface area contributed by atoms with E-state index in [1.165, 1.54) is 6.42 Å². The number of rotatable bonds is 6. The van der Waals surface area contributed by atoms with E-state index in [4.69, 9.17) is 5.84 Å². The number of hydrazine groups is 1. The monoisotopic (exact) mass is 254 g/mol. The summed E-state index contributed by atoms with van der Waals surface area (Å²) in [5.41, 5.74) is 3.77. The number of nitrogens with one attached hydrogen (secondary N) is 1. The molecule has 0 saturated carbocycles. The smallest absolute Gasteiger partial charge is 0.147 e. The van der Waals surface area contributed by atoms with Crippen LogP contribution in [0.5, 0.6) is 0 Å². The molecule has 0 bridgehead atoms. The summed E-state index contributed by atoms with van der Waals surface area (Å²) in [5.74, 6) is 8.37. The summed E-state index contributed by atoms with van der Waals surface area (Å²) in [6.07, 6.45) is 2.76. The highest BCUT2D eigenvalue weighted by Gasteiger charge is 2.15. The van der Waals surface area contributed by atoms with Crippen LogP contribution in [-0.4, -0.2) is 15.7 Å². The van der Waals surface area contributed by atoms with Crippen molar-refractivity contribution < 1.29 is 0 Å². The van der Waals surface area contributed by atoms with Gasteiger partial charge in [0.1, 0.15) is 17.2 Å². The van der Waals surface area contributed by atoms with Gasteiger partial charge in [-0.1, -0.05) is 34.1 Å². The first-order chi connectivity index (χ1) is 8.10. The topological polar surface area (TPSA) is 63.8 Å². The van der Waals surface area contributed by atoms with Gasteiger partial charge in [0.15, 0.2) is 0 Å². The maximum absolute atomic E-state index is 5.49. The number of nitrogens with two attached hydrogens (primary N) is 1. The number of aromatic nitrogens is 2. The van der Waals surface area contributed by atoms with Crippen LogP contribution in [0.25, 0.3) is 0 Å². The van der Waals surface area contributed by atoms with Gasteiger partial charge < -0.3 is 5.43 Å². The van der Waals surface area contributed by atoms with E-state index < -0.39 is 0 Å². The highest BCUT2D eigenvalue weighted by atomic mass is 32.2. The molecule has 0 radical (unpaired) electrons. The minimum absolute atomic E-state index is 0.363. The molecule has 1 aromatic rings. The summed E-state index contributed by atoms with van der Waals surface area (Å²) < 4.78 is 0. The van der Waals surface area contributed by atoms with Crippen LogP contribution >= 0.6 is 11.8 Å². The predicted octanol–water partition coefficient (Wildman–Crippen LogP) is 3.02. The van der Waals surface area contributed by atoms with Gasteiger partial charge in [-0.25, -0.2) is 15.8 Å². The second-order valence-corrected chi connectivity index (χ2v) is 5.57. The van der Waals surface area contributed by atoms with E-state index in [1.807, 2.05) is 0 Å². The van der Waals surface area contributed by atoms with Gasteiger partial charge in [0.05, 0.1) is 0 Å². The van der Waals surface area contributed by atoms with Crippen molar-refractivity contribution in [3.8, 4) is 0 Å². The van der Waals surface area contributed by atoms with Gasteiger partial charge in [0.25, 0.3) is 0 Å². The Balaban J connectivity index is 2.90. The number of nitrogens with zero attached hydrogens (tertiary/aromatic N) is 2. The maximum Gasteiger partial charge on any atom is 0.147 e. The number of anilines is 1. The van der Waals surface area contributed by atoms with Crippen molar-refractivity contribution in [1.82, 2.24) is 9.97 Å². The lowest BCUT2D eigenvalue weighted by molar-refractivity contribution is 0.636. The molecule has 0 aliphatic rings. The molecule has 0 aliphatic carbocycles. The molecule has 1 heterocycles. The fraction of sp³-hybridized carbons (Fsp3) is 0.667. The second-order valence-electron chi connectivity index (χ2n) is 4.56. The average molecular weight is 254 g/mol. The molecule has 96 valence electrons. The summed E-state index contributed by atoms with van der Waals surface area (Å²) in [6.45, 7) is 8.73. The Bertz CT molecular complexity index is 354. The second kappa shape index (κ2) is 6.81. The Morgan fingerprint density at radius 3 is 2.59 bits per heavy atom. The Hall–Kier alpha value is -0.810. The van der Waals surface area contributed by atoms with Crippen LogP contribution in [0.2, 0.25) is 0 Å². The summed E-state index contributed by atoms with van der Waals surface area (Å²) in [4.78, 5) is 8.54. The van der Waals surface area contributed by atoms with E-state index in [2.05, 4.69) is 43.1 Å². The van der Waals surface area contributed by atoms with Crippen LogP contribution in [0.15, 0.2) is 11.4 Å². The lowest BCUT2D eigenvalue weighted by atomic mass is 10.1. The maximum atomic E-state index is 5.49. The number of thioether (sulfide) groups is 1. The molecule has 1 aromatic heterocycles. The average Bonchev–Trinajstić information content (AvgIpc) is 2.34. The SMILES string of the molecule is CCC(C)CSc1ncnc(NN)c1C(C)C. The van der Waals surface area contributed by atoms with Crippen LogP contribution in [-0.2, 0) is 0 Å².